The molecule has 1 aliphatic heterocycles. The van der Waals surface area contributed by atoms with Crippen LogP contribution in [0.5, 0.6) is 5.75 Å². The number of nitrogens with zero attached hydrogens (tertiary/aromatic N) is 2. The molecule has 0 saturated carbocycles. The molecule has 0 saturated heterocycles. The van der Waals surface area contributed by atoms with Crippen LogP contribution in [0, 0.1) is 0 Å². The van der Waals surface area contributed by atoms with Gasteiger partial charge in [-0.15, -0.1) is 0 Å². The third-order valence-electron chi connectivity index (χ3n) is 5.90. The van der Waals surface area contributed by atoms with Crippen LogP contribution in [0.2, 0.25) is 0 Å². The highest BCUT2D eigenvalue weighted by atomic mass is 16.5. The Morgan fingerprint density at radius 2 is 1.75 bits per heavy atom. The molecule has 166 valence electrons. The normalized spacial score (nSPS) is 13.3. The summed E-state index contributed by atoms with van der Waals surface area (Å²) in [5.41, 5.74) is 5.55. The van der Waals surface area contributed by atoms with Crippen molar-refractivity contribution in [2.45, 2.75) is 12.5 Å². The van der Waals surface area contributed by atoms with E-state index in [-0.39, 0.29) is 12.1 Å². The monoisotopic (exact) mass is 430 g/mol. The predicted octanol–water partition coefficient (Wildman–Crippen LogP) is 4.69. The molecule has 6 nitrogen and oxygen atoms in total. The van der Waals surface area contributed by atoms with Gasteiger partial charge in [-0.25, -0.2) is 4.79 Å². The van der Waals surface area contributed by atoms with Crippen LogP contribution >= 0.6 is 0 Å². The molecular formula is C26H30N4O2. The number of hydrogen-bond donors (Lipinski definition) is 2. The number of hydrogen-bond acceptors (Lipinski definition) is 4. The van der Waals surface area contributed by atoms with Gasteiger partial charge >= 0.3 is 6.03 Å². The summed E-state index contributed by atoms with van der Waals surface area (Å²) >= 11 is 0. The summed E-state index contributed by atoms with van der Waals surface area (Å²) in [6.07, 6.45) is 1.01. The number of para-hydroxylation sites is 3. The van der Waals surface area contributed by atoms with Crippen molar-refractivity contribution in [2.75, 3.05) is 49.4 Å². The maximum atomic E-state index is 12.7. The van der Waals surface area contributed by atoms with Crippen LogP contribution in [0.3, 0.4) is 0 Å². The summed E-state index contributed by atoms with van der Waals surface area (Å²) in [6, 6.07) is 24.2. The first-order valence-electron chi connectivity index (χ1n) is 10.9. The number of carbonyl (C=O) groups excluding carboxylic acids is 1. The Balaban J connectivity index is 1.54. The lowest BCUT2D eigenvalue weighted by molar-refractivity contribution is 0.251. The van der Waals surface area contributed by atoms with Gasteiger partial charge in [0, 0.05) is 38.6 Å². The molecule has 0 fully saturated rings. The van der Waals surface area contributed by atoms with Crippen molar-refractivity contribution in [3.8, 4) is 5.75 Å². The summed E-state index contributed by atoms with van der Waals surface area (Å²) in [6.45, 7) is 1.41. The summed E-state index contributed by atoms with van der Waals surface area (Å²) in [5, 5.41) is 5.97. The fourth-order valence-corrected chi connectivity index (χ4v) is 4.19. The quantitative estimate of drug-likeness (QED) is 0.571. The van der Waals surface area contributed by atoms with E-state index >= 15 is 0 Å². The highest BCUT2D eigenvalue weighted by molar-refractivity contribution is 5.91. The lowest BCUT2D eigenvalue weighted by Gasteiger charge is -2.31. The third-order valence-corrected chi connectivity index (χ3v) is 5.90. The maximum Gasteiger partial charge on any atom is 0.319 e. The molecule has 2 amide bonds. The van der Waals surface area contributed by atoms with E-state index in [4.69, 9.17) is 4.74 Å². The molecule has 32 heavy (non-hydrogen) atoms. The number of amides is 2. The molecule has 0 radical (unpaired) electrons. The molecule has 1 unspecified atom stereocenters. The zero-order chi connectivity index (χ0) is 22.5. The highest BCUT2D eigenvalue weighted by Crippen LogP contribution is 2.35. The average Bonchev–Trinajstić information content (AvgIpc) is 3.24. The second-order valence-electron chi connectivity index (χ2n) is 8.11. The van der Waals surface area contributed by atoms with Crippen LogP contribution in [0.4, 0.5) is 21.9 Å². The van der Waals surface area contributed by atoms with E-state index in [1.54, 1.807) is 7.11 Å². The van der Waals surface area contributed by atoms with Crippen molar-refractivity contribution in [3.05, 3.63) is 83.9 Å². The topological polar surface area (TPSA) is 56.8 Å². The number of urea groups is 1. The van der Waals surface area contributed by atoms with E-state index < -0.39 is 0 Å². The standard InChI is InChI=1S/C26H30N4O2/c1-29(2)21-14-12-20(13-15-21)24(30-17-16-19-8-4-6-10-23(19)30)18-27-26(31)28-22-9-5-7-11-25(22)32-3/h4-15,24H,16-18H2,1-3H3,(H2,27,28,31). The minimum Gasteiger partial charge on any atom is -0.495 e. The predicted molar refractivity (Wildman–Crippen MR) is 131 cm³/mol. The first kappa shape index (κ1) is 21.6. The first-order chi connectivity index (χ1) is 15.6. The van der Waals surface area contributed by atoms with Crippen LogP contribution in [0.1, 0.15) is 17.2 Å². The minimum atomic E-state index is -0.253. The molecule has 1 atom stereocenters. The fraction of sp³-hybridized carbons (Fsp3) is 0.269. The van der Waals surface area contributed by atoms with Crippen molar-refractivity contribution in [3.63, 3.8) is 0 Å². The van der Waals surface area contributed by atoms with E-state index in [0.29, 0.717) is 18.0 Å². The van der Waals surface area contributed by atoms with Gasteiger partial charge < -0.3 is 25.2 Å². The largest absolute Gasteiger partial charge is 0.495 e. The number of nitrogens with one attached hydrogen (secondary N) is 2. The molecular weight excluding hydrogens is 400 g/mol. The van der Waals surface area contributed by atoms with Crippen LogP contribution in [-0.4, -0.2) is 40.3 Å². The molecule has 1 aliphatic rings. The number of methoxy groups -OCH3 is 1. The Morgan fingerprint density at radius 3 is 2.50 bits per heavy atom. The zero-order valence-electron chi connectivity index (χ0n) is 18.8. The van der Waals surface area contributed by atoms with E-state index in [1.165, 1.54) is 16.8 Å². The molecule has 1 heterocycles. The number of fused-ring (bicyclic) bond motifs is 1. The van der Waals surface area contributed by atoms with Gasteiger partial charge in [-0.2, -0.15) is 0 Å². The molecule has 3 aromatic rings. The lowest BCUT2D eigenvalue weighted by atomic mass is 10.0. The smallest absolute Gasteiger partial charge is 0.319 e. The molecule has 0 spiro atoms. The Labute approximate surface area is 189 Å². The molecule has 0 bridgehead atoms. The Morgan fingerprint density at radius 1 is 1.03 bits per heavy atom. The van der Waals surface area contributed by atoms with Gasteiger partial charge in [0.2, 0.25) is 0 Å². The van der Waals surface area contributed by atoms with Crippen LogP contribution < -0.4 is 25.2 Å². The van der Waals surface area contributed by atoms with Crippen molar-refractivity contribution >= 4 is 23.1 Å². The van der Waals surface area contributed by atoms with Gasteiger partial charge in [0.25, 0.3) is 0 Å². The molecule has 3 aromatic carbocycles. The summed E-state index contributed by atoms with van der Waals surface area (Å²) in [7, 11) is 5.66. The van der Waals surface area contributed by atoms with E-state index in [1.807, 2.05) is 38.4 Å². The van der Waals surface area contributed by atoms with Crippen LogP contribution in [0.15, 0.2) is 72.8 Å². The van der Waals surface area contributed by atoms with Crippen molar-refractivity contribution < 1.29 is 9.53 Å². The van der Waals surface area contributed by atoms with Crippen LogP contribution in [0.25, 0.3) is 0 Å². The maximum absolute atomic E-state index is 12.7. The number of anilines is 3. The Bertz CT molecular complexity index is 1070. The van der Waals surface area contributed by atoms with E-state index in [0.717, 1.165) is 18.7 Å². The van der Waals surface area contributed by atoms with Gasteiger partial charge in [0.1, 0.15) is 5.75 Å². The number of rotatable bonds is 7. The molecule has 4 rings (SSSR count). The molecule has 6 heteroatoms. The number of ether oxygens (including phenoxy) is 1. The minimum absolute atomic E-state index is 0.0262. The first-order valence-corrected chi connectivity index (χ1v) is 10.9. The SMILES string of the molecule is COc1ccccc1NC(=O)NCC(c1ccc(N(C)C)cc1)N1CCc2ccccc21. The van der Waals surface area contributed by atoms with Crippen LogP contribution in [-0.2, 0) is 6.42 Å². The zero-order valence-corrected chi connectivity index (χ0v) is 18.8. The third kappa shape index (κ3) is 4.64. The summed E-state index contributed by atoms with van der Waals surface area (Å²) in [5.74, 6) is 0.631. The number of benzene rings is 3. The highest BCUT2D eigenvalue weighted by Gasteiger charge is 2.27. The summed E-state index contributed by atoms with van der Waals surface area (Å²) < 4.78 is 5.34. The summed E-state index contributed by atoms with van der Waals surface area (Å²) in [4.78, 5) is 17.2. The van der Waals surface area contributed by atoms with Gasteiger partial charge in [-0.3, -0.25) is 0 Å². The Hall–Kier alpha value is -3.67. The van der Waals surface area contributed by atoms with Gasteiger partial charge in [-0.05, 0) is 47.9 Å². The fourth-order valence-electron chi connectivity index (χ4n) is 4.19. The molecule has 2 N–H and O–H groups in total. The number of carbonyl (C=O) groups is 1. The van der Waals surface area contributed by atoms with Gasteiger partial charge in [0.15, 0.2) is 0 Å². The van der Waals surface area contributed by atoms with Crippen molar-refractivity contribution in [1.82, 2.24) is 5.32 Å². The van der Waals surface area contributed by atoms with Gasteiger partial charge in [0.05, 0.1) is 18.8 Å². The van der Waals surface area contributed by atoms with Crippen molar-refractivity contribution in [2.24, 2.45) is 0 Å². The second kappa shape index (κ2) is 9.64. The van der Waals surface area contributed by atoms with Crippen molar-refractivity contribution in [1.29, 1.82) is 0 Å². The van der Waals surface area contributed by atoms with Gasteiger partial charge in [-0.1, -0.05) is 42.5 Å². The Kier molecular flexibility index (Phi) is 6.50. The molecule has 0 aromatic heterocycles. The average molecular weight is 431 g/mol. The second-order valence-corrected chi connectivity index (χ2v) is 8.11. The van der Waals surface area contributed by atoms with E-state index in [9.17, 15) is 4.79 Å². The van der Waals surface area contributed by atoms with E-state index in [2.05, 4.69) is 69.0 Å². The molecule has 0 aliphatic carbocycles. The lowest BCUT2D eigenvalue weighted by Crippen LogP contribution is -2.39.